The summed E-state index contributed by atoms with van der Waals surface area (Å²) >= 11 is 0. The molecule has 20 heavy (non-hydrogen) atoms. The third-order valence-electron chi connectivity index (χ3n) is 3.12. The summed E-state index contributed by atoms with van der Waals surface area (Å²) in [6.45, 7) is 7.85. The molecule has 0 bridgehead atoms. The summed E-state index contributed by atoms with van der Waals surface area (Å²) in [6, 6.07) is 6.37. The minimum Gasteiger partial charge on any atom is -0.493 e. The molecule has 114 valence electrons. The minimum atomic E-state index is -0.00427. The van der Waals surface area contributed by atoms with E-state index in [9.17, 15) is 0 Å². The molecule has 1 rings (SSSR count). The van der Waals surface area contributed by atoms with E-state index in [0.717, 1.165) is 24.5 Å². The van der Waals surface area contributed by atoms with E-state index in [-0.39, 0.29) is 6.10 Å². The van der Waals surface area contributed by atoms with Gasteiger partial charge in [-0.25, -0.2) is 0 Å². The lowest BCUT2D eigenvalue weighted by molar-refractivity contribution is 0.0899. The second-order valence-electron chi connectivity index (χ2n) is 4.97. The van der Waals surface area contributed by atoms with Crippen molar-refractivity contribution in [3.63, 3.8) is 0 Å². The molecular formula is C16H27NO3. The van der Waals surface area contributed by atoms with Crippen LogP contribution in [-0.4, -0.2) is 33.5 Å². The zero-order valence-corrected chi connectivity index (χ0v) is 13.2. The first-order valence-electron chi connectivity index (χ1n) is 7.19. The molecular weight excluding hydrogens is 254 g/mol. The van der Waals surface area contributed by atoms with E-state index >= 15 is 0 Å². The Morgan fingerprint density at radius 2 is 1.90 bits per heavy atom. The number of hydrogen-bond donors (Lipinski definition) is 1. The number of methoxy groups -OCH3 is 2. The molecule has 1 N–H and O–H groups in total. The van der Waals surface area contributed by atoms with Crippen molar-refractivity contribution in [3.8, 4) is 11.5 Å². The summed E-state index contributed by atoms with van der Waals surface area (Å²) < 4.78 is 16.3. The zero-order valence-electron chi connectivity index (χ0n) is 13.2. The summed E-state index contributed by atoms with van der Waals surface area (Å²) in [5, 5.41) is 3.46. The minimum absolute atomic E-state index is 0.00427. The zero-order chi connectivity index (χ0) is 15.0. The van der Waals surface area contributed by atoms with Crippen LogP contribution < -0.4 is 14.8 Å². The number of hydrogen-bond acceptors (Lipinski definition) is 4. The van der Waals surface area contributed by atoms with Gasteiger partial charge in [0.2, 0.25) is 0 Å². The van der Waals surface area contributed by atoms with Crippen LogP contribution in [0.3, 0.4) is 0 Å². The number of nitrogens with one attached hydrogen (secondary N) is 1. The summed E-state index contributed by atoms with van der Waals surface area (Å²) in [5.74, 6) is 1.51. The molecule has 0 amide bonds. The molecule has 1 aromatic carbocycles. The van der Waals surface area contributed by atoms with Gasteiger partial charge in [-0.3, -0.25) is 0 Å². The highest BCUT2D eigenvalue weighted by Gasteiger charge is 2.12. The summed E-state index contributed by atoms with van der Waals surface area (Å²) in [6.07, 6.45) is 1.12. The van der Waals surface area contributed by atoms with Crippen LogP contribution >= 0.6 is 0 Å². The van der Waals surface area contributed by atoms with E-state index in [1.807, 2.05) is 19.1 Å². The standard InChI is InChI=1S/C16H27NO3/c1-6-9-17-13(3)14-7-8-15(16(10-14)19-5)20-12(2)11-18-4/h7-8,10,12-13,17H,6,9,11H2,1-5H3. The van der Waals surface area contributed by atoms with Crippen LogP contribution in [0.2, 0.25) is 0 Å². The Kier molecular flexibility index (Phi) is 7.41. The van der Waals surface area contributed by atoms with Crippen LogP contribution in [0.5, 0.6) is 11.5 Å². The van der Waals surface area contributed by atoms with Gasteiger partial charge in [-0.05, 0) is 44.5 Å². The highest BCUT2D eigenvalue weighted by molar-refractivity contribution is 5.43. The second kappa shape index (κ2) is 8.82. The van der Waals surface area contributed by atoms with Gasteiger partial charge in [-0.2, -0.15) is 0 Å². The molecule has 2 atom stereocenters. The van der Waals surface area contributed by atoms with Crippen LogP contribution in [0.1, 0.15) is 38.8 Å². The smallest absolute Gasteiger partial charge is 0.161 e. The van der Waals surface area contributed by atoms with Gasteiger partial charge in [-0.15, -0.1) is 0 Å². The van der Waals surface area contributed by atoms with Gasteiger partial charge in [0.05, 0.1) is 13.7 Å². The molecule has 0 saturated carbocycles. The third kappa shape index (κ3) is 5.02. The van der Waals surface area contributed by atoms with Crippen molar-refractivity contribution in [2.24, 2.45) is 0 Å². The molecule has 0 heterocycles. The molecule has 0 aliphatic rings. The van der Waals surface area contributed by atoms with Crippen molar-refractivity contribution < 1.29 is 14.2 Å². The SMILES string of the molecule is CCCNC(C)c1ccc(OC(C)COC)c(OC)c1. The largest absolute Gasteiger partial charge is 0.493 e. The Morgan fingerprint density at radius 1 is 1.15 bits per heavy atom. The molecule has 0 radical (unpaired) electrons. The van der Waals surface area contributed by atoms with Gasteiger partial charge < -0.3 is 19.5 Å². The Hall–Kier alpha value is -1.26. The quantitative estimate of drug-likeness (QED) is 0.754. The molecule has 0 aromatic heterocycles. The van der Waals surface area contributed by atoms with Gasteiger partial charge >= 0.3 is 0 Å². The Balaban J connectivity index is 2.79. The van der Waals surface area contributed by atoms with Crippen molar-refractivity contribution in [2.45, 2.75) is 39.3 Å². The van der Waals surface area contributed by atoms with E-state index in [1.165, 1.54) is 5.56 Å². The average Bonchev–Trinajstić information content (AvgIpc) is 2.45. The van der Waals surface area contributed by atoms with Crippen LogP contribution in [-0.2, 0) is 4.74 Å². The predicted molar refractivity (Wildman–Crippen MR) is 81.7 cm³/mol. The van der Waals surface area contributed by atoms with Gasteiger partial charge in [0.15, 0.2) is 11.5 Å². The molecule has 0 aliphatic heterocycles. The van der Waals surface area contributed by atoms with Crippen LogP contribution in [0.15, 0.2) is 18.2 Å². The highest BCUT2D eigenvalue weighted by atomic mass is 16.5. The van der Waals surface area contributed by atoms with E-state index in [0.29, 0.717) is 12.6 Å². The lowest BCUT2D eigenvalue weighted by Crippen LogP contribution is -2.20. The van der Waals surface area contributed by atoms with Crippen molar-refractivity contribution in [1.82, 2.24) is 5.32 Å². The Labute approximate surface area is 122 Å². The lowest BCUT2D eigenvalue weighted by atomic mass is 10.1. The number of rotatable bonds is 9. The van der Waals surface area contributed by atoms with E-state index in [1.54, 1.807) is 14.2 Å². The summed E-state index contributed by atoms with van der Waals surface area (Å²) in [7, 11) is 3.33. The molecule has 4 nitrogen and oxygen atoms in total. The molecule has 4 heteroatoms. The van der Waals surface area contributed by atoms with Crippen LogP contribution in [0, 0.1) is 0 Å². The molecule has 0 fully saturated rings. The molecule has 1 aromatic rings. The maximum Gasteiger partial charge on any atom is 0.161 e. The van der Waals surface area contributed by atoms with Gasteiger partial charge in [0.1, 0.15) is 6.10 Å². The van der Waals surface area contributed by atoms with Crippen molar-refractivity contribution in [1.29, 1.82) is 0 Å². The van der Waals surface area contributed by atoms with E-state index in [2.05, 4.69) is 25.2 Å². The molecule has 0 spiro atoms. The molecule has 0 aliphatic carbocycles. The van der Waals surface area contributed by atoms with Crippen molar-refractivity contribution >= 4 is 0 Å². The normalized spacial score (nSPS) is 13.8. The monoisotopic (exact) mass is 281 g/mol. The Bertz CT molecular complexity index is 395. The topological polar surface area (TPSA) is 39.7 Å². The van der Waals surface area contributed by atoms with E-state index < -0.39 is 0 Å². The first-order chi connectivity index (χ1) is 9.62. The fourth-order valence-electron chi connectivity index (χ4n) is 2.02. The van der Waals surface area contributed by atoms with Gasteiger partial charge in [0, 0.05) is 13.2 Å². The number of ether oxygens (including phenoxy) is 3. The first-order valence-corrected chi connectivity index (χ1v) is 7.19. The van der Waals surface area contributed by atoms with Gasteiger partial charge in [-0.1, -0.05) is 13.0 Å². The molecule has 2 unspecified atom stereocenters. The van der Waals surface area contributed by atoms with Crippen LogP contribution in [0.4, 0.5) is 0 Å². The fraction of sp³-hybridized carbons (Fsp3) is 0.625. The van der Waals surface area contributed by atoms with E-state index in [4.69, 9.17) is 14.2 Å². The van der Waals surface area contributed by atoms with Crippen molar-refractivity contribution in [3.05, 3.63) is 23.8 Å². The van der Waals surface area contributed by atoms with Crippen molar-refractivity contribution in [2.75, 3.05) is 27.4 Å². The lowest BCUT2D eigenvalue weighted by Gasteiger charge is -2.19. The summed E-state index contributed by atoms with van der Waals surface area (Å²) in [4.78, 5) is 0. The fourth-order valence-corrected chi connectivity index (χ4v) is 2.02. The maximum absolute atomic E-state index is 5.82. The average molecular weight is 281 g/mol. The first kappa shape index (κ1) is 16.8. The summed E-state index contributed by atoms with van der Waals surface area (Å²) in [5.41, 5.74) is 1.20. The predicted octanol–water partition coefficient (Wildman–Crippen LogP) is 3.17. The highest BCUT2D eigenvalue weighted by Crippen LogP contribution is 2.31. The number of benzene rings is 1. The molecule has 0 saturated heterocycles. The Morgan fingerprint density at radius 3 is 2.50 bits per heavy atom. The third-order valence-corrected chi connectivity index (χ3v) is 3.12. The maximum atomic E-state index is 5.82. The van der Waals surface area contributed by atoms with Gasteiger partial charge in [0.25, 0.3) is 0 Å². The second-order valence-corrected chi connectivity index (χ2v) is 4.97. The van der Waals surface area contributed by atoms with Crippen LogP contribution in [0.25, 0.3) is 0 Å².